The number of ether oxygens (including phenoxy) is 1. The van der Waals surface area contributed by atoms with Crippen LogP contribution in [-0.4, -0.2) is 51.0 Å². The third-order valence-corrected chi connectivity index (χ3v) is 6.61. The van der Waals surface area contributed by atoms with Crippen LogP contribution in [0.5, 0.6) is 0 Å². The maximum absolute atomic E-state index is 12.8. The Hall–Kier alpha value is -2.20. The van der Waals surface area contributed by atoms with E-state index in [9.17, 15) is 18.5 Å². The molecule has 1 fully saturated rings. The van der Waals surface area contributed by atoms with Gasteiger partial charge in [-0.25, -0.2) is 8.42 Å². The summed E-state index contributed by atoms with van der Waals surface area (Å²) < 4.78 is 32.1. The summed E-state index contributed by atoms with van der Waals surface area (Å²) in [5.74, 6) is 0. The maximum Gasteiger partial charge on any atom is 0.290 e. The highest BCUT2D eigenvalue weighted by atomic mass is 35.5. The number of nitro groups is 1. The molecule has 0 radical (unpaired) electrons. The van der Waals surface area contributed by atoms with E-state index in [1.807, 2.05) is 24.3 Å². The van der Waals surface area contributed by atoms with Gasteiger partial charge in [-0.3, -0.25) is 10.1 Å². The first-order valence-electron chi connectivity index (χ1n) is 8.61. The minimum atomic E-state index is -4.05. The summed E-state index contributed by atoms with van der Waals surface area (Å²) in [6.07, 6.45) is 0. The van der Waals surface area contributed by atoms with Crippen LogP contribution in [0.2, 0.25) is 5.02 Å². The summed E-state index contributed by atoms with van der Waals surface area (Å²) in [7, 11) is -2.66. The van der Waals surface area contributed by atoms with Crippen molar-refractivity contribution >= 4 is 33.0 Å². The first-order valence-corrected chi connectivity index (χ1v) is 10.4. The molecule has 2 aromatic carbocycles. The van der Waals surface area contributed by atoms with Gasteiger partial charge in [0, 0.05) is 43.5 Å². The summed E-state index contributed by atoms with van der Waals surface area (Å²) in [5, 5.41) is 11.3. The van der Waals surface area contributed by atoms with Gasteiger partial charge in [0.25, 0.3) is 5.69 Å². The van der Waals surface area contributed by atoms with Gasteiger partial charge in [0.1, 0.15) is 0 Å². The van der Waals surface area contributed by atoms with Crippen molar-refractivity contribution in [1.29, 1.82) is 0 Å². The number of hydrogen-bond acceptors (Lipinski definition) is 6. The lowest BCUT2D eigenvalue weighted by Gasteiger charge is -2.29. The number of halogens is 1. The third-order valence-electron chi connectivity index (χ3n) is 4.52. The van der Waals surface area contributed by atoms with Crippen LogP contribution in [0.1, 0.15) is 5.56 Å². The molecule has 2 aromatic rings. The molecule has 10 heteroatoms. The molecule has 0 aromatic heterocycles. The van der Waals surface area contributed by atoms with Gasteiger partial charge in [0.2, 0.25) is 10.0 Å². The van der Waals surface area contributed by atoms with Crippen LogP contribution >= 0.6 is 11.6 Å². The Morgan fingerprint density at radius 1 is 1.18 bits per heavy atom. The molecule has 0 saturated carbocycles. The van der Waals surface area contributed by atoms with Crippen LogP contribution in [0.15, 0.2) is 47.4 Å². The highest BCUT2D eigenvalue weighted by Crippen LogP contribution is 2.30. The smallest absolute Gasteiger partial charge is 0.290 e. The molecule has 0 bridgehead atoms. The molecule has 0 unspecified atom stereocenters. The normalized spacial score (nSPS) is 15.0. The van der Waals surface area contributed by atoms with Crippen LogP contribution < -0.4 is 4.90 Å². The van der Waals surface area contributed by atoms with Crippen LogP contribution in [0.3, 0.4) is 0 Å². The molecular formula is C18H20ClN3O5S. The van der Waals surface area contributed by atoms with E-state index in [1.54, 1.807) is 0 Å². The highest BCUT2D eigenvalue weighted by Gasteiger charge is 2.29. The Kier molecular flexibility index (Phi) is 6.19. The molecule has 1 aliphatic rings. The molecule has 8 nitrogen and oxygen atoms in total. The molecule has 0 atom stereocenters. The molecule has 1 saturated heterocycles. The molecule has 0 N–H and O–H groups in total. The third kappa shape index (κ3) is 4.44. The quantitative estimate of drug-likeness (QED) is 0.521. The Morgan fingerprint density at radius 3 is 2.43 bits per heavy atom. The molecule has 1 aliphatic heterocycles. The Morgan fingerprint density at radius 2 is 1.82 bits per heavy atom. The SMILES string of the molecule is CN(Cc1ccc(N2CCOCC2)cc1)S(=O)(=O)c1ccc(Cl)cc1[N+](=O)[O-]. The minimum absolute atomic E-state index is 0.0888. The number of anilines is 1. The van der Waals surface area contributed by atoms with Gasteiger partial charge in [-0.1, -0.05) is 23.7 Å². The first-order chi connectivity index (χ1) is 13.3. The summed E-state index contributed by atoms with van der Waals surface area (Å²) >= 11 is 5.77. The number of rotatable bonds is 6. The second-order valence-electron chi connectivity index (χ2n) is 6.40. The van der Waals surface area contributed by atoms with E-state index < -0.39 is 20.6 Å². The Balaban J connectivity index is 1.78. The monoisotopic (exact) mass is 425 g/mol. The lowest BCUT2D eigenvalue weighted by Crippen LogP contribution is -2.36. The fourth-order valence-corrected chi connectivity index (χ4v) is 4.45. The summed E-state index contributed by atoms with van der Waals surface area (Å²) in [4.78, 5) is 12.3. The molecule has 0 amide bonds. The molecule has 150 valence electrons. The maximum atomic E-state index is 12.8. The Labute approximate surface area is 168 Å². The number of hydrogen-bond donors (Lipinski definition) is 0. The van der Waals surface area contributed by atoms with Gasteiger partial charge in [-0.2, -0.15) is 4.31 Å². The minimum Gasteiger partial charge on any atom is -0.378 e. The van der Waals surface area contributed by atoms with Crippen molar-refractivity contribution in [3.63, 3.8) is 0 Å². The van der Waals surface area contributed by atoms with Gasteiger partial charge >= 0.3 is 0 Å². The number of sulfonamides is 1. The summed E-state index contributed by atoms with van der Waals surface area (Å²) in [6, 6.07) is 11.1. The number of nitro benzene ring substituents is 1. The standard InChI is InChI=1S/C18H20ClN3O5S/c1-20(28(25,26)18-7-4-15(19)12-17(18)22(23)24)13-14-2-5-16(6-3-14)21-8-10-27-11-9-21/h2-7,12H,8-11,13H2,1H3. The second kappa shape index (κ2) is 8.44. The summed E-state index contributed by atoms with van der Waals surface area (Å²) in [6.45, 7) is 3.08. The van der Waals surface area contributed by atoms with E-state index in [0.717, 1.165) is 40.8 Å². The van der Waals surface area contributed by atoms with Crippen molar-refractivity contribution in [1.82, 2.24) is 4.31 Å². The van der Waals surface area contributed by atoms with E-state index in [4.69, 9.17) is 16.3 Å². The molecule has 0 aliphatic carbocycles. The van der Waals surface area contributed by atoms with Gasteiger partial charge in [-0.15, -0.1) is 0 Å². The topological polar surface area (TPSA) is 93.0 Å². The molecular weight excluding hydrogens is 406 g/mol. The predicted octanol–water partition coefficient (Wildman–Crippen LogP) is 2.91. The molecule has 3 rings (SSSR count). The number of morpholine rings is 1. The van der Waals surface area contributed by atoms with E-state index in [-0.39, 0.29) is 16.5 Å². The largest absolute Gasteiger partial charge is 0.378 e. The van der Waals surface area contributed by atoms with E-state index in [2.05, 4.69) is 4.90 Å². The highest BCUT2D eigenvalue weighted by molar-refractivity contribution is 7.89. The molecule has 0 spiro atoms. The fraction of sp³-hybridized carbons (Fsp3) is 0.333. The number of benzene rings is 2. The van der Waals surface area contributed by atoms with E-state index in [1.165, 1.54) is 13.1 Å². The van der Waals surface area contributed by atoms with E-state index in [0.29, 0.717) is 13.2 Å². The van der Waals surface area contributed by atoms with Gasteiger partial charge < -0.3 is 9.64 Å². The molecule has 28 heavy (non-hydrogen) atoms. The average Bonchev–Trinajstić information content (AvgIpc) is 2.69. The van der Waals surface area contributed by atoms with Crippen molar-refractivity contribution < 1.29 is 18.1 Å². The van der Waals surface area contributed by atoms with Gasteiger partial charge in [0.15, 0.2) is 4.90 Å². The van der Waals surface area contributed by atoms with Crippen LogP contribution in [-0.2, 0) is 21.3 Å². The van der Waals surface area contributed by atoms with E-state index >= 15 is 0 Å². The average molecular weight is 426 g/mol. The van der Waals surface area contributed by atoms with Crippen molar-refractivity contribution in [2.24, 2.45) is 0 Å². The Bertz CT molecular complexity index is 960. The van der Waals surface area contributed by atoms with Crippen molar-refractivity contribution in [3.05, 3.63) is 63.2 Å². The zero-order chi connectivity index (χ0) is 20.3. The second-order valence-corrected chi connectivity index (χ2v) is 8.85. The number of nitrogens with zero attached hydrogens (tertiary/aromatic N) is 3. The van der Waals surface area contributed by atoms with Gasteiger partial charge in [-0.05, 0) is 29.8 Å². The van der Waals surface area contributed by atoms with Crippen LogP contribution in [0.4, 0.5) is 11.4 Å². The van der Waals surface area contributed by atoms with Crippen molar-refractivity contribution in [2.75, 3.05) is 38.3 Å². The lowest BCUT2D eigenvalue weighted by molar-refractivity contribution is -0.387. The summed E-state index contributed by atoms with van der Waals surface area (Å²) in [5.41, 5.74) is 1.28. The van der Waals surface area contributed by atoms with Crippen molar-refractivity contribution in [2.45, 2.75) is 11.4 Å². The predicted molar refractivity (Wildman–Crippen MR) is 106 cm³/mol. The fourth-order valence-electron chi connectivity index (χ4n) is 3.00. The lowest BCUT2D eigenvalue weighted by atomic mass is 10.2. The van der Waals surface area contributed by atoms with Gasteiger partial charge in [0.05, 0.1) is 18.1 Å². The van der Waals surface area contributed by atoms with Crippen LogP contribution in [0.25, 0.3) is 0 Å². The first kappa shape index (κ1) is 20.5. The van der Waals surface area contributed by atoms with Crippen LogP contribution in [0, 0.1) is 10.1 Å². The van der Waals surface area contributed by atoms with Crippen molar-refractivity contribution in [3.8, 4) is 0 Å². The zero-order valence-corrected chi connectivity index (χ0v) is 16.8. The zero-order valence-electron chi connectivity index (χ0n) is 15.2. The molecule has 1 heterocycles.